The number of pyridine rings is 1. The van der Waals surface area contributed by atoms with Crippen LogP contribution >= 0.6 is 0 Å². The van der Waals surface area contributed by atoms with Gasteiger partial charge in [-0.1, -0.05) is 0 Å². The van der Waals surface area contributed by atoms with Gasteiger partial charge in [-0.15, -0.1) is 0 Å². The van der Waals surface area contributed by atoms with Crippen LogP contribution in [0.4, 0.5) is 29.2 Å². The molecule has 0 unspecified atom stereocenters. The maximum absolute atomic E-state index is 13.3. The standard InChI is InChI=1S/C13H11F4N3/c14-8-3-7(4-9(15)5-8)1-2-19-13-11(17)6-10(16)12(18)20-13/h3-6H,1-2H2,(H3,18,19,20). The molecular weight excluding hydrogens is 274 g/mol. The number of benzene rings is 1. The van der Waals surface area contributed by atoms with Gasteiger partial charge in [-0.3, -0.25) is 0 Å². The molecule has 2 rings (SSSR count). The Labute approximate surface area is 112 Å². The number of rotatable bonds is 4. The highest BCUT2D eigenvalue weighted by Crippen LogP contribution is 2.16. The van der Waals surface area contributed by atoms with Gasteiger partial charge in [0.1, 0.15) is 11.6 Å². The van der Waals surface area contributed by atoms with E-state index in [0.717, 1.165) is 6.07 Å². The van der Waals surface area contributed by atoms with E-state index < -0.39 is 29.1 Å². The van der Waals surface area contributed by atoms with Crippen molar-refractivity contribution in [1.29, 1.82) is 0 Å². The molecule has 0 atom stereocenters. The van der Waals surface area contributed by atoms with Crippen molar-refractivity contribution in [3.05, 3.63) is 53.1 Å². The van der Waals surface area contributed by atoms with Crippen LogP contribution in [0.1, 0.15) is 5.56 Å². The number of nitrogen functional groups attached to an aromatic ring is 1. The Morgan fingerprint density at radius 3 is 2.25 bits per heavy atom. The van der Waals surface area contributed by atoms with Crippen LogP contribution < -0.4 is 11.1 Å². The Balaban J connectivity index is 2.01. The van der Waals surface area contributed by atoms with E-state index in [0.29, 0.717) is 11.6 Å². The minimum Gasteiger partial charge on any atom is -0.381 e. The second-order valence-corrected chi connectivity index (χ2v) is 4.14. The molecule has 0 aliphatic heterocycles. The van der Waals surface area contributed by atoms with Crippen molar-refractivity contribution < 1.29 is 17.6 Å². The van der Waals surface area contributed by atoms with E-state index in [1.165, 1.54) is 12.1 Å². The van der Waals surface area contributed by atoms with Crippen molar-refractivity contribution >= 4 is 11.6 Å². The van der Waals surface area contributed by atoms with Gasteiger partial charge in [0.25, 0.3) is 0 Å². The topological polar surface area (TPSA) is 50.9 Å². The molecule has 0 fully saturated rings. The molecule has 2 aromatic rings. The molecule has 106 valence electrons. The zero-order chi connectivity index (χ0) is 14.7. The second-order valence-electron chi connectivity index (χ2n) is 4.14. The number of halogens is 4. The van der Waals surface area contributed by atoms with Crippen molar-refractivity contribution in [1.82, 2.24) is 4.98 Å². The zero-order valence-corrected chi connectivity index (χ0v) is 10.3. The molecule has 0 bridgehead atoms. The van der Waals surface area contributed by atoms with Crippen molar-refractivity contribution in [2.45, 2.75) is 6.42 Å². The van der Waals surface area contributed by atoms with Crippen molar-refractivity contribution in [3.63, 3.8) is 0 Å². The smallest absolute Gasteiger partial charge is 0.168 e. The summed E-state index contributed by atoms with van der Waals surface area (Å²) in [7, 11) is 0. The van der Waals surface area contributed by atoms with Gasteiger partial charge >= 0.3 is 0 Å². The first-order chi connectivity index (χ1) is 9.45. The predicted molar refractivity (Wildman–Crippen MR) is 67.1 cm³/mol. The average molecular weight is 285 g/mol. The lowest BCUT2D eigenvalue weighted by Crippen LogP contribution is -2.10. The molecule has 1 heterocycles. The van der Waals surface area contributed by atoms with Crippen LogP contribution in [0.5, 0.6) is 0 Å². The number of nitrogens with one attached hydrogen (secondary N) is 1. The van der Waals surface area contributed by atoms with Gasteiger partial charge in [0.2, 0.25) is 0 Å². The number of anilines is 2. The van der Waals surface area contributed by atoms with Crippen LogP contribution in [0, 0.1) is 23.3 Å². The zero-order valence-electron chi connectivity index (χ0n) is 10.3. The molecule has 0 radical (unpaired) electrons. The monoisotopic (exact) mass is 285 g/mol. The minimum atomic E-state index is -0.944. The van der Waals surface area contributed by atoms with Crippen molar-refractivity contribution in [2.75, 3.05) is 17.6 Å². The van der Waals surface area contributed by atoms with E-state index >= 15 is 0 Å². The molecule has 1 aromatic carbocycles. The normalized spacial score (nSPS) is 10.6. The number of nitrogens with two attached hydrogens (primary N) is 1. The number of hydrogen-bond acceptors (Lipinski definition) is 3. The fourth-order valence-electron chi connectivity index (χ4n) is 1.69. The summed E-state index contributed by atoms with van der Waals surface area (Å²) in [6.45, 7) is 0.165. The fourth-order valence-corrected chi connectivity index (χ4v) is 1.69. The Bertz CT molecular complexity index is 611. The van der Waals surface area contributed by atoms with Crippen LogP contribution in [0.25, 0.3) is 0 Å². The second kappa shape index (κ2) is 5.77. The SMILES string of the molecule is Nc1nc(NCCc2cc(F)cc(F)c2)c(F)cc1F. The van der Waals surface area contributed by atoms with Crippen LogP contribution in [0.3, 0.4) is 0 Å². The summed E-state index contributed by atoms with van der Waals surface area (Å²) in [5.41, 5.74) is 5.63. The van der Waals surface area contributed by atoms with Crippen LogP contribution in [-0.4, -0.2) is 11.5 Å². The molecular formula is C13H11F4N3. The molecule has 0 saturated heterocycles. The lowest BCUT2D eigenvalue weighted by atomic mass is 10.1. The Kier molecular flexibility index (Phi) is 4.07. The first-order valence-electron chi connectivity index (χ1n) is 5.76. The lowest BCUT2D eigenvalue weighted by Gasteiger charge is -2.08. The fraction of sp³-hybridized carbons (Fsp3) is 0.154. The van der Waals surface area contributed by atoms with Gasteiger partial charge in [-0.05, 0) is 24.1 Å². The molecule has 3 nitrogen and oxygen atoms in total. The van der Waals surface area contributed by atoms with Crippen LogP contribution in [0.15, 0.2) is 24.3 Å². The van der Waals surface area contributed by atoms with Gasteiger partial charge in [-0.2, -0.15) is 0 Å². The van der Waals surface area contributed by atoms with Crippen LogP contribution in [0.2, 0.25) is 0 Å². The summed E-state index contributed by atoms with van der Waals surface area (Å²) in [6.07, 6.45) is 0.243. The van der Waals surface area contributed by atoms with E-state index in [4.69, 9.17) is 5.73 Å². The third kappa shape index (κ3) is 3.37. The highest BCUT2D eigenvalue weighted by molar-refractivity contribution is 5.44. The summed E-state index contributed by atoms with van der Waals surface area (Å²) in [5.74, 6) is -3.83. The molecule has 1 aromatic heterocycles. The van der Waals surface area contributed by atoms with E-state index in [1.54, 1.807) is 0 Å². The van der Waals surface area contributed by atoms with Gasteiger partial charge in [-0.25, -0.2) is 22.5 Å². The van der Waals surface area contributed by atoms with Gasteiger partial charge < -0.3 is 11.1 Å². The van der Waals surface area contributed by atoms with Gasteiger partial charge in [0, 0.05) is 18.7 Å². The molecule has 0 amide bonds. The summed E-state index contributed by atoms with van der Waals surface area (Å²) in [5, 5.41) is 2.59. The maximum Gasteiger partial charge on any atom is 0.168 e. The van der Waals surface area contributed by atoms with E-state index in [1.807, 2.05) is 0 Å². The van der Waals surface area contributed by atoms with Crippen molar-refractivity contribution in [3.8, 4) is 0 Å². The van der Waals surface area contributed by atoms with E-state index in [-0.39, 0.29) is 18.8 Å². The molecule has 0 aliphatic rings. The minimum absolute atomic E-state index is 0.165. The lowest BCUT2D eigenvalue weighted by molar-refractivity contribution is 0.577. The third-order valence-electron chi connectivity index (χ3n) is 2.59. The Morgan fingerprint density at radius 1 is 0.950 bits per heavy atom. The first-order valence-corrected chi connectivity index (χ1v) is 5.76. The predicted octanol–water partition coefficient (Wildman–Crippen LogP) is 2.87. The van der Waals surface area contributed by atoms with Crippen LogP contribution in [-0.2, 0) is 6.42 Å². The van der Waals surface area contributed by atoms with Gasteiger partial charge in [0.15, 0.2) is 23.3 Å². The largest absolute Gasteiger partial charge is 0.381 e. The highest BCUT2D eigenvalue weighted by atomic mass is 19.1. The molecule has 0 aliphatic carbocycles. The molecule has 0 saturated carbocycles. The number of hydrogen-bond donors (Lipinski definition) is 2. The Hall–Kier alpha value is -2.31. The van der Waals surface area contributed by atoms with E-state index in [2.05, 4.69) is 10.3 Å². The van der Waals surface area contributed by atoms with Gasteiger partial charge in [0.05, 0.1) is 0 Å². The third-order valence-corrected chi connectivity index (χ3v) is 2.59. The Morgan fingerprint density at radius 2 is 1.60 bits per heavy atom. The summed E-state index contributed by atoms with van der Waals surface area (Å²) in [6, 6.07) is 3.73. The molecule has 7 heteroatoms. The quantitative estimate of drug-likeness (QED) is 0.849. The number of aromatic nitrogens is 1. The van der Waals surface area contributed by atoms with Crippen molar-refractivity contribution in [2.24, 2.45) is 0 Å². The maximum atomic E-state index is 13.3. The first kappa shape index (κ1) is 14.1. The molecule has 0 spiro atoms. The summed E-state index contributed by atoms with van der Waals surface area (Å²) in [4.78, 5) is 3.51. The summed E-state index contributed by atoms with van der Waals surface area (Å²) < 4.78 is 52.1. The molecule has 3 N–H and O–H groups in total. The average Bonchev–Trinajstić information content (AvgIpc) is 2.34. The highest BCUT2D eigenvalue weighted by Gasteiger charge is 2.09. The molecule has 20 heavy (non-hydrogen) atoms. The van der Waals surface area contributed by atoms with E-state index in [9.17, 15) is 17.6 Å². The number of nitrogens with zero attached hydrogens (tertiary/aromatic N) is 1. The summed E-state index contributed by atoms with van der Waals surface area (Å²) >= 11 is 0.